The van der Waals surface area contributed by atoms with Crippen LogP contribution in [-0.2, 0) is 16.1 Å². The van der Waals surface area contributed by atoms with Crippen LogP contribution in [0.5, 0.6) is 5.75 Å². The fraction of sp³-hybridized carbons (Fsp3) is 0.588. The molecule has 0 unspecified atom stereocenters. The summed E-state index contributed by atoms with van der Waals surface area (Å²) in [5, 5.41) is 6.30. The smallest absolute Gasteiger partial charge is 0.234 e. The van der Waals surface area contributed by atoms with Gasteiger partial charge in [0, 0.05) is 39.3 Å². The SMILES string of the molecule is COCCOc1ccc(CNC(=O)CN2CCNC[C@H]2C)cc1.Cl. The summed E-state index contributed by atoms with van der Waals surface area (Å²) in [5.41, 5.74) is 1.06. The second kappa shape index (κ2) is 11.3. The first-order chi connectivity index (χ1) is 11.2. The largest absolute Gasteiger partial charge is 0.491 e. The van der Waals surface area contributed by atoms with Gasteiger partial charge in [-0.1, -0.05) is 12.1 Å². The van der Waals surface area contributed by atoms with Crippen molar-refractivity contribution in [3.63, 3.8) is 0 Å². The molecule has 2 N–H and O–H groups in total. The highest BCUT2D eigenvalue weighted by atomic mass is 35.5. The number of hydrogen-bond acceptors (Lipinski definition) is 5. The van der Waals surface area contributed by atoms with Gasteiger partial charge in [-0.25, -0.2) is 0 Å². The quantitative estimate of drug-likeness (QED) is 0.681. The van der Waals surface area contributed by atoms with Crippen molar-refractivity contribution in [1.82, 2.24) is 15.5 Å². The summed E-state index contributed by atoms with van der Waals surface area (Å²) in [6, 6.07) is 8.16. The summed E-state index contributed by atoms with van der Waals surface area (Å²) >= 11 is 0. The predicted molar refractivity (Wildman–Crippen MR) is 96.8 cm³/mol. The molecular weight excluding hydrogens is 330 g/mol. The average molecular weight is 358 g/mol. The second-order valence-corrected chi connectivity index (χ2v) is 5.79. The summed E-state index contributed by atoms with van der Waals surface area (Å²) in [6.45, 7) is 7.06. The van der Waals surface area contributed by atoms with Gasteiger partial charge in [0.2, 0.25) is 5.91 Å². The van der Waals surface area contributed by atoms with Gasteiger partial charge in [-0.2, -0.15) is 0 Å². The van der Waals surface area contributed by atoms with Gasteiger partial charge in [0.25, 0.3) is 0 Å². The molecule has 0 saturated carbocycles. The normalized spacial score (nSPS) is 17.8. The number of nitrogens with one attached hydrogen (secondary N) is 2. The van der Waals surface area contributed by atoms with Crippen LogP contribution in [0.3, 0.4) is 0 Å². The van der Waals surface area contributed by atoms with Crippen molar-refractivity contribution < 1.29 is 14.3 Å². The van der Waals surface area contributed by atoms with E-state index in [-0.39, 0.29) is 18.3 Å². The lowest BCUT2D eigenvalue weighted by Crippen LogP contribution is -2.52. The molecule has 24 heavy (non-hydrogen) atoms. The third-order valence-corrected chi connectivity index (χ3v) is 3.95. The maximum absolute atomic E-state index is 12.1. The van der Waals surface area contributed by atoms with E-state index in [9.17, 15) is 4.79 Å². The van der Waals surface area contributed by atoms with E-state index in [1.807, 2.05) is 24.3 Å². The Bertz CT molecular complexity index is 484. The fourth-order valence-electron chi connectivity index (χ4n) is 2.51. The van der Waals surface area contributed by atoms with Gasteiger partial charge in [0.15, 0.2) is 0 Å². The van der Waals surface area contributed by atoms with Crippen LogP contribution in [0.25, 0.3) is 0 Å². The first-order valence-corrected chi connectivity index (χ1v) is 8.11. The van der Waals surface area contributed by atoms with Crippen molar-refractivity contribution in [1.29, 1.82) is 0 Å². The maximum Gasteiger partial charge on any atom is 0.234 e. The molecule has 1 aliphatic heterocycles. The third kappa shape index (κ3) is 7.05. The van der Waals surface area contributed by atoms with Crippen LogP contribution in [0, 0.1) is 0 Å². The number of hydrogen-bond donors (Lipinski definition) is 2. The third-order valence-electron chi connectivity index (χ3n) is 3.95. The molecule has 1 aromatic carbocycles. The van der Waals surface area contributed by atoms with Crippen molar-refractivity contribution in [2.24, 2.45) is 0 Å². The van der Waals surface area contributed by atoms with Crippen molar-refractivity contribution in [3.05, 3.63) is 29.8 Å². The minimum atomic E-state index is 0. The Morgan fingerprint density at radius 3 is 2.75 bits per heavy atom. The Hall–Kier alpha value is -1.34. The maximum atomic E-state index is 12.1. The van der Waals surface area contributed by atoms with Crippen LogP contribution in [0.15, 0.2) is 24.3 Å². The molecule has 1 fully saturated rings. The van der Waals surface area contributed by atoms with Crippen LogP contribution in [-0.4, -0.2) is 63.4 Å². The van der Waals surface area contributed by atoms with Crippen molar-refractivity contribution in [2.45, 2.75) is 19.5 Å². The molecule has 1 heterocycles. The summed E-state index contributed by atoms with van der Waals surface area (Å²) < 4.78 is 10.5. The molecule has 1 atom stereocenters. The highest BCUT2D eigenvalue weighted by molar-refractivity contribution is 5.85. The van der Waals surface area contributed by atoms with Crippen LogP contribution in [0.1, 0.15) is 12.5 Å². The molecule has 1 saturated heterocycles. The van der Waals surface area contributed by atoms with Gasteiger partial charge in [0.1, 0.15) is 12.4 Å². The minimum absolute atomic E-state index is 0. The van der Waals surface area contributed by atoms with E-state index in [4.69, 9.17) is 9.47 Å². The number of benzene rings is 1. The van der Waals surface area contributed by atoms with Gasteiger partial charge < -0.3 is 20.1 Å². The molecule has 0 aromatic heterocycles. The lowest BCUT2D eigenvalue weighted by atomic mass is 10.2. The van der Waals surface area contributed by atoms with Crippen LogP contribution >= 0.6 is 12.4 Å². The molecule has 1 aliphatic rings. The molecule has 2 rings (SSSR count). The molecular formula is C17H28ClN3O3. The van der Waals surface area contributed by atoms with Crippen LogP contribution in [0.4, 0.5) is 0 Å². The highest BCUT2D eigenvalue weighted by Crippen LogP contribution is 2.12. The summed E-state index contributed by atoms with van der Waals surface area (Å²) in [7, 11) is 1.65. The van der Waals surface area contributed by atoms with Gasteiger partial charge in [0.05, 0.1) is 13.2 Å². The fourth-order valence-corrected chi connectivity index (χ4v) is 2.51. The van der Waals surface area contributed by atoms with Crippen LogP contribution < -0.4 is 15.4 Å². The van der Waals surface area contributed by atoms with Crippen molar-refractivity contribution in [3.8, 4) is 5.75 Å². The Morgan fingerprint density at radius 1 is 1.33 bits per heavy atom. The van der Waals surface area contributed by atoms with E-state index >= 15 is 0 Å². The Balaban J connectivity index is 0.00000288. The van der Waals surface area contributed by atoms with E-state index in [0.717, 1.165) is 30.9 Å². The summed E-state index contributed by atoms with van der Waals surface area (Å²) in [4.78, 5) is 14.3. The van der Waals surface area contributed by atoms with Crippen molar-refractivity contribution >= 4 is 18.3 Å². The first-order valence-electron chi connectivity index (χ1n) is 8.11. The summed E-state index contributed by atoms with van der Waals surface area (Å²) in [6.07, 6.45) is 0. The van der Waals surface area contributed by atoms with Gasteiger partial charge >= 0.3 is 0 Å². The Morgan fingerprint density at radius 2 is 2.08 bits per heavy atom. The van der Waals surface area contributed by atoms with E-state index in [2.05, 4.69) is 22.5 Å². The zero-order chi connectivity index (χ0) is 16.5. The first kappa shape index (κ1) is 20.7. The number of carbonyl (C=O) groups is 1. The van der Waals surface area contributed by atoms with Gasteiger partial charge in [-0.15, -0.1) is 12.4 Å². The molecule has 1 aromatic rings. The zero-order valence-electron chi connectivity index (χ0n) is 14.4. The molecule has 136 valence electrons. The molecule has 7 heteroatoms. The number of rotatable bonds is 8. The monoisotopic (exact) mass is 357 g/mol. The molecule has 6 nitrogen and oxygen atoms in total. The number of piperazine rings is 1. The van der Waals surface area contributed by atoms with E-state index < -0.39 is 0 Å². The zero-order valence-corrected chi connectivity index (χ0v) is 15.2. The molecule has 0 bridgehead atoms. The average Bonchev–Trinajstić information content (AvgIpc) is 2.56. The molecule has 0 aliphatic carbocycles. The molecule has 0 spiro atoms. The molecule has 1 amide bonds. The van der Waals surface area contributed by atoms with Crippen LogP contribution in [0.2, 0.25) is 0 Å². The number of carbonyl (C=O) groups excluding carboxylic acids is 1. The standard InChI is InChI=1S/C17H27N3O3.ClH/c1-14-11-18-7-8-20(14)13-17(21)19-12-15-3-5-16(6-4-15)23-10-9-22-2;/h3-6,14,18H,7-13H2,1-2H3,(H,19,21);1H/t14-;/m1./s1. The van der Waals surface area contributed by atoms with E-state index in [0.29, 0.717) is 32.3 Å². The molecule has 0 radical (unpaired) electrons. The topological polar surface area (TPSA) is 62.8 Å². The summed E-state index contributed by atoms with van der Waals surface area (Å²) in [5.74, 6) is 0.880. The number of methoxy groups -OCH3 is 1. The Labute approximate surface area is 150 Å². The highest BCUT2D eigenvalue weighted by Gasteiger charge is 2.19. The van der Waals surface area contributed by atoms with Gasteiger partial charge in [-0.05, 0) is 24.6 Å². The number of nitrogens with zero attached hydrogens (tertiary/aromatic N) is 1. The number of halogens is 1. The van der Waals surface area contributed by atoms with E-state index in [1.165, 1.54) is 0 Å². The second-order valence-electron chi connectivity index (χ2n) is 5.79. The number of amides is 1. The number of ether oxygens (including phenoxy) is 2. The van der Waals surface area contributed by atoms with Crippen molar-refractivity contribution in [2.75, 3.05) is 46.5 Å². The van der Waals surface area contributed by atoms with Gasteiger partial charge in [-0.3, -0.25) is 9.69 Å². The minimum Gasteiger partial charge on any atom is -0.491 e. The predicted octanol–water partition coefficient (Wildman–Crippen LogP) is 1.04. The van der Waals surface area contributed by atoms with E-state index in [1.54, 1.807) is 7.11 Å². The lowest BCUT2D eigenvalue weighted by molar-refractivity contribution is -0.123. The Kier molecular flexibility index (Phi) is 9.71. The lowest BCUT2D eigenvalue weighted by Gasteiger charge is -2.33.